The van der Waals surface area contributed by atoms with Crippen molar-refractivity contribution in [2.24, 2.45) is 23.5 Å². The Bertz CT molecular complexity index is 365. The molecule has 0 bridgehead atoms. The van der Waals surface area contributed by atoms with Gasteiger partial charge in [0, 0.05) is 6.42 Å². The number of ketones is 1. The quantitative estimate of drug-likeness (QED) is 0.496. The second-order valence-electron chi connectivity index (χ2n) is 6.09. The number of nitrogens with two attached hydrogens (primary N) is 1. The Hall–Kier alpha value is -1.39. The largest absolute Gasteiger partial charge is 0.454 e. The summed E-state index contributed by atoms with van der Waals surface area (Å²) in [4.78, 5) is 35.0. The van der Waals surface area contributed by atoms with E-state index in [0.717, 1.165) is 19.3 Å². The third kappa shape index (κ3) is 7.25. The molecule has 0 fully saturated rings. The molecule has 0 saturated carbocycles. The molecule has 0 radical (unpaired) electrons. The summed E-state index contributed by atoms with van der Waals surface area (Å²) in [5.41, 5.74) is 5.13. The Morgan fingerprint density at radius 3 is 2.10 bits per heavy atom. The van der Waals surface area contributed by atoms with Crippen molar-refractivity contribution >= 4 is 17.7 Å². The average molecular weight is 299 g/mol. The van der Waals surface area contributed by atoms with Gasteiger partial charge in [0.05, 0.1) is 5.92 Å². The van der Waals surface area contributed by atoms with Crippen molar-refractivity contribution in [1.29, 1.82) is 0 Å². The molecule has 0 spiro atoms. The van der Waals surface area contributed by atoms with Gasteiger partial charge >= 0.3 is 5.97 Å². The van der Waals surface area contributed by atoms with E-state index in [2.05, 4.69) is 13.8 Å². The third-order valence-electron chi connectivity index (χ3n) is 3.77. The zero-order chi connectivity index (χ0) is 16.6. The van der Waals surface area contributed by atoms with Crippen LogP contribution < -0.4 is 5.73 Å². The van der Waals surface area contributed by atoms with E-state index < -0.39 is 23.7 Å². The van der Waals surface area contributed by atoms with Gasteiger partial charge in [-0.3, -0.25) is 14.4 Å². The number of primary amides is 1. The van der Waals surface area contributed by atoms with Gasteiger partial charge in [0.15, 0.2) is 11.9 Å². The normalized spacial score (nSPS) is 15.3. The van der Waals surface area contributed by atoms with Crippen LogP contribution in [0.4, 0.5) is 0 Å². The molecule has 5 heteroatoms. The first-order valence-electron chi connectivity index (χ1n) is 7.73. The molecule has 0 aliphatic carbocycles. The molecule has 5 nitrogen and oxygen atoms in total. The van der Waals surface area contributed by atoms with Gasteiger partial charge in [0.2, 0.25) is 5.91 Å². The van der Waals surface area contributed by atoms with Crippen LogP contribution in [0.3, 0.4) is 0 Å². The molecular formula is C16H29NO4. The van der Waals surface area contributed by atoms with Crippen molar-refractivity contribution in [3.63, 3.8) is 0 Å². The Balaban J connectivity index is 4.47. The summed E-state index contributed by atoms with van der Waals surface area (Å²) in [6, 6.07) is 0. The SMILES string of the molecule is CCC(C)CCCC(=O)OC(C(=O)[C@H](C)C(N)=O)C(C)C. The molecule has 0 heterocycles. The van der Waals surface area contributed by atoms with Gasteiger partial charge in [-0.2, -0.15) is 0 Å². The van der Waals surface area contributed by atoms with Crippen LogP contribution in [0.25, 0.3) is 0 Å². The topological polar surface area (TPSA) is 86.5 Å². The van der Waals surface area contributed by atoms with Crippen LogP contribution in [-0.4, -0.2) is 23.8 Å². The molecule has 0 aromatic heterocycles. The highest BCUT2D eigenvalue weighted by atomic mass is 16.5. The molecule has 2 N–H and O–H groups in total. The minimum absolute atomic E-state index is 0.183. The maximum absolute atomic E-state index is 12.1. The lowest BCUT2D eigenvalue weighted by molar-refractivity contribution is -0.160. The Kier molecular flexibility index (Phi) is 8.90. The second-order valence-corrected chi connectivity index (χ2v) is 6.09. The monoisotopic (exact) mass is 299 g/mol. The molecule has 0 aliphatic heterocycles. The predicted molar refractivity (Wildman–Crippen MR) is 81.4 cm³/mol. The zero-order valence-corrected chi connectivity index (χ0v) is 13.8. The van der Waals surface area contributed by atoms with Crippen molar-refractivity contribution in [3.05, 3.63) is 0 Å². The molecule has 0 aromatic carbocycles. The number of amides is 1. The van der Waals surface area contributed by atoms with Crippen LogP contribution >= 0.6 is 0 Å². The number of hydrogen-bond donors (Lipinski definition) is 1. The number of carbonyl (C=O) groups excluding carboxylic acids is 3. The standard InChI is InChI=1S/C16H29NO4/c1-6-11(4)8-7-9-13(18)21-15(10(2)3)14(19)12(5)16(17)20/h10-12,15H,6-9H2,1-5H3,(H2,17,20)/t11?,12-,15?/m0/s1. The minimum atomic E-state index is -0.940. The highest BCUT2D eigenvalue weighted by molar-refractivity contribution is 6.03. The van der Waals surface area contributed by atoms with Crippen LogP contribution in [0.2, 0.25) is 0 Å². The van der Waals surface area contributed by atoms with Crippen molar-refractivity contribution in [3.8, 4) is 0 Å². The van der Waals surface area contributed by atoms with E-state index >= 15 is 0 Å². The molecule has 21 heavy (non-hydrogen) atoms. The Morgan fingerprint density at radius 1 is 1.10 bits per heavy atom. The first-order valence-corrected chi connectivity index (χ1v) is 7.73. The lowest BCUT2D eigenvalue weighted by Crippen LogP contribution is -2.40. The molecule has 0 aliphatic rings. The fourth-order valence-electron chi connectivity index (χ4n) is 1.91. The van der Waals surface area contributed by atoms with Gasteiger partial charge in [-0.15, -0.1) is 0 Å². The first kappa shape index (κ1) is 19.6. The first-order chi connectivity index (χ1) is 9.70. The maximum Gasteiger partial charge on any atom is 0.306 e. The van der Waals surface area contributed by atoms with Crippen LogP contribution in [0, 0.1) is 17.8 Å². The highest BCUT2D eigenvalue weighted by Crippen LogP contribution is 2.16. The molecule has 3 atom stereocenters. The van der Waals surface area contributed by atoms with Gasteiger partial charge in [-0.25, -0.2) is 0 Å². The zero-order valence-electron chi connectivity index (χ0n) is 13.8. The van der Waals surface area contributed by atoms with Crippen LogP contribution in [0.15, 0.2) is 0 Å². The summed E-state index contributed by atoms with van der Waals surface area (Å²) in [7, 11) is 0. The number of ether oxygens (including phenoxy) is 1. The predicted octanol–water partition coefficient (Wildman–Crippen LogP) is 2.46. The maximum atomic E-state index is 12.1. The number of esters is 1. The molecule has 0 aromatic rings. The average Bonchev–Trinajstić information content (AvgIpc) is 2.42. The van der Waals surface area contributed by atoms with Gasteiger partial charge in [-0.1, -0.05) is 40.5 Å². The Labute approximate surface area is 127 Å². The van der Waals surface area contributed by atoms with Crippen LogP contribution in [-0.2, 0) is 19.1 Å². The number of rotatable bonds is 10. The van der Waals surface area contributed by atoms with E-state index in [1.54, 1.807) is 13.8 Å². The summed E-state index contributed by atoms with van der Waals surface area (Å²) in [5.74, 6) is -2.05. The Morgan fingerprint density at radius 2 is 1.67 bits per heavy atom. The third-order valence-corrected chi connectivity index (χ3v) is 3.77. The summed E-state index contributed by atoms with van der Waals surface area (Å²) < 4.78 is 5.26. The molecule has 0 saturated heterocycles. The molecule has 0 rings (SSSR count). The van der Waals surface area contributed by atoms with Crippen LogP contribution in [0.1, 0.15) is 60.3 Å². The fraction of sp³-hybridized carbons (Fsp3) is 0.812. The molecule has 122 valence electrons. The van der Waals surface area contributed by atoms with Crippen molar-refractivity contribution < 1.29 is 19.1 Å². The lowest BCUT2D eigenvalue weighted by Gasteiger charge is -2.22. The van der Waals surface area contributed by atoms with E-state index in [0.29, 0.717) is 12.3 Å². The van der Waals surface area contributed by atoms with E-state index in [4.69, 9.17) is 10.5 Å². The van der Waals surface area contributed by atoms with Crippen LogP contribution in [0.5, 0.6) is 0 Å². The highest BCUT2D eigenvalue weighted by Gasteiger charge is 2.32. The number of hydrogen-bond acceptors (Lipinski definition) is 4. The summed E-state index contributed by atoms with van der Waals surface area (Å²) >= 11 is 0. The number of carbonyl (C=O) groups is 3. The van der Waals surface area contributed by atoms with Crippen molar-refractivity contribution in [1.82, 2.24) is 0 Å². The summed E-state index contributed by atoms with van der Waals surface area (Å²) in [5, 5.41) is 0. The second kappa shape index (κ2) is 9.53. The van der Waals surface area contributed by atoms with E-state index in [1.807, 2.05) is 0 Å². The van der Waals surface area contributed by atoms with E-state index in [-0.39, 0.29) is 11.9 Å². The van der Waals surface area contributed by atoms with Crippen molar-refractivity contribution in [2.75, 3.05) is 0 Å². The molecular weight excluding hydrogens is 270 g/mol. The molecule has 1 amide bonds. The van der Waals surface area contributed by atoms with E-state index in [9.17, 15) is 14.4 Å². The van der Waals surface area contributed by atoms with Gasteiger partial charge in [0.25, 0.3) is 0 Å². The smallest absolute Gasteiger partial charge is 0.306 e. The fourth-order valence-corrected chi connectivity index (χ4v) is 1.91. The van der Waals surface area contributed by atoms with Gasteiger partial charge in [0.1, 0.15) is 0 Å². The van der Waals surface area contributed by atoms with Gasteiger partial charge in [-0.05, 0) is 25.2 Å². The van der Waals surface area contributed by atoms with Crippen molar-refractivity contribution in [2.45, 2.75) is 66.4 Å². The summed E-state index contributed by atoms with van der Waals surface area (Å²) in [6.07, 6.45) is 2.19. The number of Topliss-reactive ketones (excluding diaryl/α,β-unsaturated/α-hetero) is 1. The molecule has 2 unspecified atom stereocenters. The minimum Gasteiger partial charge on any atom is -0.454 e. The van der Waals surface area contributed by atoms with E-state index in [1.165, 1.54) is 6.92 Å². The lowest BCUT2D eigenvalue weighted by atomic mass is 9.94. The summed E-state index contributed by atoms with van der Waals surface area (Å²) in [6.45, 7) is 9.25. The van der Waals surface area contributed by atoms with Gasteiger partial charge < -0.3 is 10.5 Å².